The summed E-state index contributed by atoms with van der Waals surface area (Å²) in [6.45, 7) is 0. The summed E-state index contributed by atoms with van der Waals surface area (Å²) in [5.41, 5.74) is 0. The van der Waals surface area contributed by atoms with Gasteiger partial charge in [0, 0.05) is 11.5 Å². The van der Waals surface area contributed by atoms with Crippen molar-refractivity contribution in [3.63, 3.8) is 0 Å². The number of hydrogen-bond donors (Lipinski definition) is 0. The van der Waals surface area contributed by atoms with E-state index in [-0.39, 0.29) is 0 Å². The molecule has 0 bridgehead atoms. The van der Waals surface area contributed by atoms with Crippen molar-refractivity contribution in [3.8, 4) is 10.9 Å². The maximum atomic E-state index is 5.72. The van der Waals surface area contributed by atoms with Gasteiger partial charge in [-0.2, -0.15) is 4.37 Å². The number of halogens is 1. The molecule has 56 valence electrons. The van der Waals surface area contributed by atoms with E-state index in [0.717, 1.165) is 0 Å². The summed E-state index contributed by atoms with van der Waals surface area (Å²) in [4.78, 5) is 0. The van der Waals surface area contributed by atoms with E-state index in [1.165, 1.54) is 18.6 Å². The predicted octanol–water partition coefficient (Wildman–Crippen LogP) is 1.81. The average Bonchev–Trinajstić information content (AvgIpc) is 2.30. The third-order valence-corrected chi connectivity index (χ3v) is 2.20. The van der Waals surface area contributed by atoms with Crippen molar-refractivity contribution < 1.29 is 9.47 Å². The Balaban J connectivity index is 2.97. The van der Waals surface area contributed by atoms with Crippen LogP contribution in [0.1, 0.15) is 0 Å². The van der Waals surface area contributed by atoms with Crippen LogP contribution in [0.4, 0.5) is 0 Å². The highest BCUT2D eigenvalue weighted by Crippen LogP contribution is 2.36. The number of aromatic nitrogens is 1. The molecule has 1 aromatic heterocycles. The van der Waals surface area contributed by atoms with Gasteiger partial charge in [-0.25, -0.2) is 0 Å². The molecule has 5 heteroatoms. The lowest BCUT2D eigenvalue weighted by Crippen LogP contribution is -1.82. The van der Waals surface area contributed by atoms with Crippen LogP contribution in [-0.4, -0.2) is 18.6 Å². The van der Waals surface area contributed by atoms with Gasteiger partial charge in [0.15, 0.2) is 5.02 Å². The van der Waals surface area contributed by atoms with Crippen molar-refractivity contribution in [2.45, 2.75) is 0 Å². The Kier molecular flexibility index (Phi) is 2.34. The van der Waals surface area contributed by atoms with Gasteiger partial charge in [0.05, 0.1) is 14.2 Å². The molecule has 0 amide bonds. The Labute approximate surface area is 67.7 Å². The first-order valence-electron chi connectivity index (χ1n) is 2.52. The van der Waals surface area contributed by atoms with Crippen molar-refractivity contribution in [3.05, 3.63) is 5.02 Å². The quantitative estimate of drug-likeness (QED) is 0.694. The Morgan fingerprint density at radius 1 is 1.40 bits per heavy atom. The van der Waals surface area contributed by atoms with Crippen LogP contribution in [0.5, 0.6) is 10.9 Å². The molecule has 1 heterocycles. The highest BCUT2D eigenvalue weighted by atomic mass is 35.5. The van der Waals surface area contributed by atoms with Gasteiger partial charge in [0.25, 0.3) is 0 Å². The lowest BCUT2D eigenvalue weighted by Gasteiger charge is -1.93. The van der Waals surface area contributed by atoms with Crippen LogP contribution < -0.4 is 9.47 Å². The molecule has 0 atom stereocenters. The molecule has 0 spiro atoms. The van der Waals surface area contributed by atoms with Crippen LogP contribution in [0.2, 0.25) is 5.02 Å². The van der Waals surface area contributed by atoms with E-state index >= 15 is 0 Å². The number of methoxy groups -OCH3 is 2. The third-order valence-electron chi connectivity index (χ3n) is 0.957. The summed E-state index contributed by atoms with van der Waals surface area (Å²) in [7, 11) is 3.05. The minimum atomic E-state index is 0.420. The molecule has 0 radical (unpaired) electrons. The molecule has 10 heavy (non-hydrogen) atoms. The fourth-order valence-electron chi connectivity index (χ4n) is 0.504. The Morgan fingerprint density at radius 3 is 2.40 bits per heavy atom. The second-order valence-electron chi connectivity index (χ2n) is 1.50. The molecule has 1 rings (SSSR count). The number of ether oxygens (including phenoxy) is 2. The van der Waals surface area contributed by atoms with Crippen molar-refractivity contribution in [2.24, 2.45) is 0 Å². The SMILES string of the molecule is COc1nsc(OC)c1Cl. The first-order valence-corrected chi connectivity index (χ1v) is 3.68. The van der Waals surface area contributed by atoms with Gasteiger partial charge in [-0.3, -0.25) is 0 Å². The normalized spacial score (nSPS) is 9.50. The number of nitrogens with zero attached hydrogens (tertiary/aromatic N) is 1. The summed E-state index contributed by atoms with van der Waals surface area (Å²) >= 11 is 6.89. The van der Waals surface area contributed by atoms with Crippen LogP contribution in [0.15, 0.2) is 0 Å². The third kappa shape index (κ3) is 1.17. The van der Waals surface area contributed by atoms with Gasteiger partial charge in [0.1, 0.15) is 0 Å². The lowest BCUT2D eigenvalue weighted by molar-refractivity contribution is 0.396. The fraction of sp³-hybridized carbons (Fsp3) is 0.400. The van der Waals surface area contributed by atoms with E-state index in [1.54, 1.807) is 7.11 Å². The molecule has 0 saturated heterocycles. The van der Waals surface area contributed by atoms with Crippen LogP contribution in [-0.2, 0) is 0 Å². The molecule has 3 nitrogen and oxygen atoms in total. The zero-order chi connectivity index (χ0) is 7.56. The van der Waals surface area contributed by atoms with E-state index in [1.807, 2.05) is 0 Å². The molecule has 0 aromatic carbocycles. The maximum Gasteiger partial charge on any atom is 0.248 e. The molecule has 0 N–H and O–H groups in total. The smallest absolute Gasteiger partial charge is 0.248 e. The van der Waals surface area contributed by atoms with E-state index in [9.17, 15) is 0 Å². The second-order valence-corrected chi connectivity index (χ2v) is 2.61. The molecular formula is C5H6ClNO2S. The molecule has 1 aromatic rings. The van der Waals surface area contributed by atoms with Gasteiger partial charge in [-0.05, 0) is 0 Å². The Hall–Kier alpha value is -0.480. The predicted molar refractivity (Wildman–Crippen MR) is 40.2 cm³/mol. The van der Waals surface area contributed by atoms with E-state index in [2.05, 4.69) is 4.37 Å². The molecule has 0 aliphatic carbocycles. The molecule has 0 aliphatic heterocycles. The average molecular weight is 180 g/mol. The molecule has 0 saturated carbocycles. The topological polar surface area (TPSA) is 31.4 Å². The Morgan fingerprint density at radius 2 is 2.10 bits per heavy atom. The Bertz CT molecular complexity index is 204. The minimum Gasteiger partial charge on any atom is -0.485 e. The van der Waals surface area contributed by atoms with Crippen LogP contribution in [0.3, 0.4) is 0 Å². The van der Waals surface area contributed by atoms with Crippen molar-refractivity contribution >= 4 is 23.1 Å². The first-order chi connectivity index (χ1) is 4.79. The summed E-state index contributed by atoms with van der Waals surface area (Å²) in [5.74, 6) is 0.420. The highest BCUT2D eigenvalue weighted by Gasteiger charge is 2.11. The van der Waals surface area contributed by atoms with Gasteiger partial charge in [0.2, 0.25) is 10.9 Å². The summed E-state index contributed by atoms with van der Waals surface area (Å²) in [6.07, 6.45) is 0. The van der Waals surface area contributed by atoms with Crippen molar-refractivity contribution in [2.75, 3.05) is 14.2 Å². The largest absolute Gasteiger partial charge is 0.485 e. The second kappa shape index (κ2) is 3.07. The number of hydrogen-bond acceptors (Lipinski definition) is 4. The van der Waals surface area contributed by atoms with Crippen LogP contribution in [0.25, 0.3) is 0 Å². The van der Waals surface area contributed by atoms with Crippen LogP contribution in [0, 0.1) is 0 Å². The van der Waals surface area contributed by atoms with E-state index < -0.39 is 0 Å². The first kappa shape index (κ1) is 7.63. The standard InChI is InChI=1S/C5H6ClNO2S/c1-8-4-3(6)5(9-2)10-7-4/h1-2H3. The van der Waals surface area contributed by atoms with E-state index in [0.29, 0.717) is 16.0 Å². The van der Waals surface area contributed by atoms with Gasteiger partial charge in [-0.15, -0.1) is 0 Å². The van der Waals surface area contributed by atoms with Gasteiger partial charge in [-0.1, -0.05) is 11.6 Å². The van der Waals surface area contributed by atoms with Gasteiger partial charge >= 0.3 is 0 Å². The summed E-state index contributed by atoms with van der Waals surface area (Å²) < 4.78 is 13.6. The lowest BCUT2D eigenvalue weighted by atomic mass is 10.7. The van der Waals surface area contributed by atoms with Gasteiger partial charge < -0.3 is 9.47 Å². The zero-order valence-corrected chi connectivity index (χ0v) is 7.12. The van der Waals surface area contributed by atoms with E-state index in [4.69, 9.17) is 21.1 Å². The minimum absolute atomic E-state index is 0.420. The molecule has 0 unspecified atom stereocenters. The van der Waals surface area contributed by atoms with Crippen molar-refractivity contribution in [1.82, 2.24) is 4.37 Å². The number of rotatable bonds is 2. The van der Waals surface area contributed by atoms with Crippen molar-refractivity contribution in [1.29, 1.82) is 0 Å². The molecular weight excluding hydrogens is 174 g/mol. The summed E-state index contributed by atoms with van der Waals surface area (Å²) in [5, 5.41) is 1.02. The monoisotopic (exact) mass is 179 g/mol. The maximum absolute atomic E-state index is 5.72. The molecule has 0 aliphatic rings. The zero-order valence-electron chi connectivity index (χ0n) is 5.55. The fourth-order valence-corrected chi connectivity index (χ4v) is 1.43. The van der Waals surface area contributed by atoms with Crippen LogP contribution >= 0.6 is 23.1 Å². The molecule has 0 fully saturated rings. The highest BCUT2D eigenvalue weighted by molar-refractivity contribution is 7.08. The summed E-state index contributed by atoms with van der Waals surface area (Å²) in [6, 6.07) is 0.